The second-order valence-corrected chi connectivity index (χ2v) is 15.2. The van der Waals surface area contributed by atoms with E-state index >= 15 is 0 Å². The minimum Gasteiger partial charge on any atom is -0.308 e. The Kier molecular flexibility index (Phi) is 9.06. The highest BCUT2D eigenvalue weighted by Gasteiger charge is 2.34. The third kappa shape index (κ3) is 6.09. The van der Waals surface area contributed by atoms with Crippen LogP contribution in [0.4, 0.5) is 13.2 Å². The maximum atomic E-state index is 14.9. The lowest BCUT2D eigenvalue weighted by molar-refractivity contribution is -0.137. The molecule has 0 bridgehead atoms. The summed E-state index contributed by atoms with van der Waals surface area (Å²) in [5.74, 6) is 0. The van der Waals surface area contributed by atoms with Crippen molar-refractivity contribution in [3.8, 4) is 75.1 Å². The van der Waals surface area contributed by atoms with Crippen molar-refractivity contribution in [1.82, 2.24) is 9.13 Å². The first-order chi connectivity index (χ1) is 31.1. The molecule has 7 nitrogen and oxygen atoms in total. The molecule has 0 atom stereocenters. The van der Waals surface area contributed by atoms with E-state index in [0.717, 1.165) is 27.6 Å². The summed E-state index contributed by atoms with van der Waals surface area (Å²) >= 11 is 0. The van der Waals surface area contributed by atoms with Gasteiger partial charge in [0.05, 0.1) is 85.5 Å². The maximum absolute atomic E-state index is 14.9. The number of hydrogen-bond donors (Lipinski definition) is 0. The number of nitriles is 5. The molecule has 0 fully saturated rings. The topological polar surface area (TPSA) is 129 Å². The van der Waals surface area contributed by atoms with Crippen molar-refractivity contribution in [2.24, 2.45) is 0 Å². The van der Waals surface area contributed by atoms with Gasteiger partial charge in [0, 0.05) is 21.5 Å². The molecule has 0 amide bonds. The molecule has 10 aromatic rings. The first kappa shape index (κ1) is 38.8. The fourth-order valence-electron chi connectivity index (χ4n) is 8.93. The summed E-state index contributed by atoms with van der Waals surface area (Å²) < 4.78 is 48.6. The Hall–Kier alpha value is -9.40. The summed E-state index contributed by atoms with van der Waals surface area (Å²) in [5, 5.41) is 54.1. The Morgan fingerprint density at radius 3 is 1.28 bits per heavy atom. The Morgan fingerprint density at radius 1 is 0.375 bits per heavy atom. The summed E-state index contributed by atoms with van der Waals surface area (Å²) in [6, 6.07) is 56.0. The normalized spacial score (nSPS) is 11.3. The molecule has 0 aliphatic heterocycles. The first-order valence-electron chi connectivity index (χ1n) is 19.9. The summed E-state index contributed by atoms with van der Waals surface area (Å²) in [7, 11) is 0. The van der Waals surface area contributed by atoms with Crippen LogP contribution in [-0.2, 0) is 6.18 Å². The molecule has 64 heavy (non-hydrogen) atoms. The lowest BCUT2D eigenvalue weighted by Crippen LogP contribution is -2.09. The third-order valence-electron chi connectivity index (χ3n) is 11.7. The molecule has 10 heteroatoms. The van der Waals surface area contributed by atoms with E-state index in [-0.39, 0.29) is 16.7 Å². The number of halogens is 3. The molecule has 0 unspecified atom stereocenters. The summed E-state index contributed by atoms with van der Waals surface area (Å²) in [6.07, 6.45) is -4.71. The largest absolute Gasteiger partial charge is 0.417 e. The number of para-hydroxylation sites is 2. The molecule has 0 saturated carbocycles. The molecule has 8 aromatic carbocycles. The van der Waals surface area contributed by atoms with Crippen LogP contribution >= 0.6 is 0 Å². The van der Waals surface area contributed by atoms with Crippen LogP contribution in [0, 0.1) is 56.7 Å². The van der Waals surface area contributed by atoms with Crippen molar-refractivity contribution in [2.75, 3.05) is 0 Å². The van der Waals surface area contributed by atoms with Gasteiger partial charge in [0.25, 0.3) is 0 Å². The zero-order valence-electron chi connectivity index (χ0n) is 33.3. The van der Waals surface area contributed by atoms with Gasteiger partial charge >= 0.3 is 6.18 Å². The fraction of sp³-hybridized carbons (Fsp3) is 0.0185. The fourth-order valence-corrected chi connectivity index (χ4v) is 8.93. The molecular weight excluding hydrogens is 804 g/mol. The molecule has 2 heterocycles. The van der Waals surface area contributed by atoms with Gasteiger partial charge in [-0.05, 0) is 100 Å². The average molecular weight is 830 g/mol. The number of aromatic nitrogens is 2. The van der Waals surface area contributed by atoms with Crippen molar-refractivity contribution >= 4 is 43.6 Å². The number of alkyl halides is 3. The summed E-state index contributed by atoms with van der Waals surface area (Å²) in [5.41, 5.74) is 6.43. The van der Waals surface area contributed by atoms with Gasteiger partial charge in [-0.3, -0.25) is 0 Å². The lowest BCUT2D eigenvalue weighted by Gasteiger charge is -2.20. The van der Waals surface area contributed by atoms with Gasteiger partial charge in [-0.2, -0.15) is 39.5 Å². The molecule has 10 rings (SSSR count). The van der Waals surface area contributed by atoms with E-state index < -0.39 is 11.7 Å². The Labute approximate surface area is 363 Å². The number of benzene rings is 8. The number of rotatable bonds is 5. The second-order valence-electron chi connectivity index (χ2n) is 15.2. The minimum absolute atomic E-state index is 0.0857. The van der Waals surface area contributed by atoms with Crippen molar-refractivity contribution in [3.63, 3.8) is 0 Å². The van der Waals surface area contributed by atoms with E-state index in [4.69, 9.17) is 0 Å². The zero-order chi connectivity index (χ0) is 44.3. The van der Waals surface area contributed by atoms with Gasteiger partial charge < -0.3 is 9.13 Å². The van der Waals surface area contributed by atoms with Gasteiger partial charge in [-0.1, -0.05) is 91.0 Å². The Balaban J connectivity index is 1.35. The van der Waals surface area contributed by atoms with E-state index in [0.29, 0.717) is 77.9 Å². The molecule has 0 spiro atoms. The van der Waals surface area contributed by atoms with E-state index in [1.807, 2.05) is 94.1 Å². The van der Waals surface area contributed by atoms with E-state index in [2.05, 4.69) is 30.3 Å². The third-order valence-corrected chi connectivity index (χ3v) is 11.7. The number of nitrogens with zero attached hydrogens (tertiary/aromatic N) is 7. The van der Waals surface area contributed by atoms with Crippen molar-refractivity contribution in [1.29, 1.82) is 26.3 Å². The molecule has 2 aromatic heterocycles. The van der Waals surface area contributed by atoms with Gasteiger partial charge in [-0.15, -0.1) is 0 Å². The molecule has 298 valence electrons. The SMILES string of the molecule is N#Cc1ccc(-c2ccc3c4ccccc4n(-c4cc(-c5ccccc5C(F)(F)F)cc(-n5c6ccccc6c6ccc(-c7ccc(C#N)cc7C#N)cc65)c4C#N)c3c2)c(C#N)c1. The quantitative estimate of drug-likeness (QED) is 0.171. The molecule has 0 saturated heterocycles. The smallest absolute Gasteiger partial charge is 0.308 e. The van der Waals surface area contributed by atoms with Crippen LogP contribution < -0.4 is 0 Å². The second kappa shape index (κ2) is 14.9. The molecule has 0 N–H and O–H groups in total. The van der Waals surface area contributed by atoms with Gasteiger partial charge in [0.2, 0.25) is 0 Å². The number of hydrogen-bond acceptors (Lipinski definition) is 5. The van der Waals surface area contributed by atoms with Crippen LogP contribution in [0.2, 0.25) is 0 Å². The Bertz CT molecular complexity index is 3640. The molecular formula is C54H26F3N7. The van der Waals surface area contributed by atoms with Crippen molar-refractivity contribution in [3.05, 3.63) is 191 Å². The van der Waals surface area contributed by atoms with Gasteiger partial charge in [0.1, 0.15) is 11.6 Å². The minimum atomic E-state index is -4.71. The van der Waals surface area contributed by atoms with Crippen LogP contribution in [0.25, 0.3) is 88.4 Å². The van der Waals surface area contributed by atoms with Gasteiger partial charge in [0.15, 0.2) is 0 Å². The maximum Gasteiger partial charge on any atom is 0.417 e. The molecule has 0 aliphatic rings. The van der Waals surface area contributed by atoms with Crippen molar-refractivity contribution < 1.29 is 13.2 Å². The lowest BCUT2D eigenvalue weighted by atomic mass is 9.95. The van der Waals surface area contributed by atoms with Crippen LogP contribution in [0.1, 0.15) is 33.4 Å². The number of fused-ring (bicyclic) bond motifs is 6. The first-order valence-corrected chi connectivity index (χ1v) is 19.9. The zero-order valence-corrected chi connectivity index (χ0v) is 33.3. The predicted octanol–water partition coefficient (Wildman–Crippen LogP) is 13.3. The predicted molar refractivity (Wildman–Crippen MR) is 240 cm³/mol. The highest BCUT2D eigenvalue weighted by Crippen LogP contribution is 2.44. The van der Waals surface area contributed by atoms with Crippen LogP contribution in [0.3, 0.4) is 0 Å². The molecule has 0 aliphatic carbocycles. The summed E-state index contributed by atoms with van der Waals surface area (Å²) in [6.45, 7) is 0. The van der Waals surface area contributed by atoms with Gasteiger partial charge in [-0.25, -0.2) is 0 Å². The van der Waals surface area contributed by atoms with Crippen LogP contribution in [0.15, 0.2) is 158 Å². The standard InChI is InChI=1S/C54H26F3N7/c55-54(56,57)47-10-4-1-7-41(47)36-25-52(63-48-11-5-2-8-42(48)44-19-15-34(23-50(44)63)39-17-13-32(27-58)21-37(39)29-60)46(31-62)53(26-36)64-49-12-6-3-9-43(49)45-20-16-35(24-51(45)64)40-18-14-33(28-59)22-38(40)30-61/h1-26H. The highest BCUT2D eigenvalue weighted by molar-refractivity contribution is 6.12. The molecule has 0 radical (unpaired) electrons. The van der Waals surface area contributed by atoms with E-state index in [1.54, 1.807) is 42.5 Å². The monoisotopic (exact) mass is 829 g/mol. The van der Waals surface area contributed by atoms with Crippen LogP contribution in [0.5, 0.6) is 0 Å². The van der Waals surface area contributed by atoms with Crippen LogP contribution in [-0.4, -0.2) is 9.13 Å². The van der Waals surface area contributed by atoms with Crippen molar-refractivity contribution in [2.45, 2.75) is 6.18 Å². The highest BCUT2D eigenvalue weighted by atomic mass is 19.4. The Morgan fingerprint density at radius 2 is 0.828 bits per heavy atom. The average Bonchev–Trinajstić information content (AvgIpc) is 3.84. The summed E-state index contributed by atoms with van der Waals surface area (Å²) in [4.78, 5) is 0. The van der Waals surface area contributed by atoms with E-state index in [9.17, 15) is 39.5 Å². The van der Waals surface area contributed by atoms with E-state index in [1.165, 1.54) is 24.3 Å².